The first kappa shape index (κ1) is 21.1. The van der Waals surface area contributed by atoms with Crippen molar-refractivity contribution in [1.82, 2.24) is 0 Å². The molecule has 1 rings (SSSR count). The molecule has 0 fully saturated rings. The standard InChI is InChI=1S/C17H25F5OSi/c1-10(2)24(23,11(3)4)9-7-5-6-8-12-13(18)15(20)17(22)16(21)14(12)19/h10-11,23H,5-9H2,1-4H3. The van der Waals surface area contributed by atoms with Crippen molar-refractivity contribution >= 4 is 8.32 Å². The lowest BCUT2D eigenvalue weighted by molar-refractivity contribution is 0.369. The van der Waals surface area contributed by atoms with Gasteiger partial charge in [0.1, 0.15) is 0 Å². The molecule has 0 bridgehead atoms. The Morgan fingerprint density at radius 2 is 1.12 bits per heavy atom. The van der Waals surface area contributed by atoms with E-state index in [1.165, 1.54) is 0 Å². The Bertz CT molecular complexity index is 538. The molecule has 24 heavy (non-hydrogen) atoms. The van der Waals surface area contributed by atoms with Gasteiger partial charge in [-0.05, 0) is 30.0 Å². The number of benzene rings is 1. The molecule has 0 atom stereocenters. The second kappa shape index (κ2) is 8.42. The summed E-state index contributed by atoms with van der Waals surface area (Å²) in [6.45, 7) is 7.95. The summed E-state index contributed by atoms with van der Waals surface area (Å²) in [5.41, 5.74) is -0.355. The largest absolute Gasteiger partial charge is 0.431 e. The van der Waals surface area contributed by atoms with Gasteiger partial charge in [-0.15, -0.1) is 0 Å². The number of hydrogen-bond acceptors (Lipinski definition) is 1. The Kier molecular flexibility index (Phi) is 7.40. The minimum Gasteiger partial charge on any atom is -0.431 e. The van der Waals surface area contributed by atoms with E-state index in [0.29, 0.717) is 25.3 Å². The normalized spacial score (nSPS) is 12.5. The second-order valence-corrected chi connectivity index (χ2v) is 11.7. The summed E-state index contributed by atoms with van der Waals surface area (Å²) in [5.74, 6) is -9.42. The van der Waals surface area contributed by atoms with Gasteiger partial charge in [0.15, 0.2) is 31.6 Å². The molecule has 0 aliphatic heterocycles. The summed E-state index contributed by atoms with van der Waals surface area (Å²) in [6.07, 6.45) is 1.33. The quantitative estimate of drug-likeness (QED) is 0.201. The van der Waals surface area contributed by atoms with E-state index in [4.69, 9.17) is 0 Å². The highest BCUT2D eigenvalue weighted by Crippen LogP contribution is 2.35. The molecule has 0 aliphatic carbocycles. The van der Waals surface area contributed by atoms with Gasteiger partial charge in [-0.25, -0.2) is 22.0 Å². The molecule has 0 saturated heterocycles. The van der Waals surface area contributed by atoms with Crippen LogP contribution in [-0.4, -0.2) is 13.1 Å². The van der Waals surface area contributed by atoms with Crippen LogP contribution in [0.25, 0.3) is 0 Å². The fourth-order valence-corrected chi connectivity index (χ4v) is 6.30. The monoisotopic (exact) mass is 368 g/mol. The van der Waals surface area contributed by atoms with Gasteiger partial charge < -0.3 is 4.80 Å². The lowest BCUT2D eigenvalue weighted by Crippen LogP contribution is -2.41. The minimum atomic E-state index is -2.40. The molecule has 7 heteroatoms. The zero-order valence-corrected chi connectivity index (χ0v) is 15.5. The molecule has 1 aromatic rings. The Balaban J connectivity index is 2.64. The number of rotatable bonds is 8. The van der Waals surface area contributed by atoms with E-state index < -0.39 is 43.0 Å². The van der Waals surface area contributed by atoms with Crippen molar-refractivity contribution in [2.75, 3.05) is 0 Å². The molecule has 0 spiro atoms. The van der Waals surface area contributed by atoms with Crippen LogP contribution in [0, 0.1) is 29.1 Å². The van der Waals surface area contributed by atoms with Gasteiger partial charge in [0.2, 0.25) is 5.82 Å². The van der Waals surface area contributed by atoms with Gasteiger partial charge in [-0.2, -0.15) is 0 Å². The molecule has 1 nitrogen and oxygen atoms in total. The summed E-state index contributed by atoms with van der Waals surface area (Å²) >= 11 is 0. The molecule has 0 heterocycles. The molecule has 1 aromatic carbocycles. The Labute approximate surface area is 141 Å². The second-order valence-electron chi connectivity index (χ2n) is 6.91. The first-order chi connectivity index (χ1) is 11.0. The van der Waals surface area contributed by atoms with E-state index in [1.54, 1.807) is 0 Å². The molecule has 1 N–H and O–H groups in total. The highest BCUT2D eigenvalue weighted by atomic mass is 28.4. The summed E-state index contributed by atoms with van der Waals surface area (Å²) in [6, 6.07) is 0.666. The van der Waals surface area contributed by atoms with E-state index >= 15 is 0 Å². The van der Waals surface area contributed by atoms with Gasteiger partial charge in [-0.1, -0.05) is 40.5 Å². The van der Waals surface area contributed by atoms with Crippen molar-refractivity contribution in [1.29, 1.82) is 0 Å². The molecule has 0 aliphatic rings. The van der Waals surface area contributed by atoms with E-state index in [0.717, 1.165) is 0 Å². The topological polar surface area (TPSA) is 20.2 Å². The number of unbranched alkanes of at least 4 members (excludes halogenated alkanes) is 2. The summed E-state index contributed by atoms with van der Waals surface area (Å²) in [5, 5.41) is 0. The van der Waals surface area contributed by atoms with Gasteiger partial charge in [0.05, 0.1) is 0 Å². The van der Waals surface area contributed by atoms with Gasteiger partial charge in [-0.3, -0.25) is 0 Å². The van der Waals surface area contributed by atoms with Crippen LogP contribution in [0.15, 0.2) is 0 Å². The van der Waals surface area contributed by atoms with Crippen LogP contribution >= 0.6 is 0 Å². The van der Waals surface area contributed by atoms with Crippen LogP contribution in [0.1, 0.15) is 52.5 Å². The maximum absolute atomic E-state index is 13.6. The van der Waals surface area contributed by atoms with Crippen molar-refractivity contribution in [3.8, 4) is 0 Å². The summed E-state index contributed by atoms with van der Waals surface area (Å²) in [7, 11) is -2.40. The zero-order valence-electron chi connectivity index (χ0n) is 14.5. The molecular weight excluding hydrogens is 343 g/mol. The Morgan fingerprint density at radius 1 is 0.708 bits per heavy atom. The van der Waals surface area contributed by atoms with Gasteiger partial charge in [0, 0.05) is 5.56 Å². The predicted octanol–water partition coefficient (Wildman–Crippen LogP) is 5.85. The number of halogens is 5. The first-order valence-corrected chi connectivity index (χ1v) is 10.6. The van der Waals surface area contributed by atoms with E-state index in [9.17, 15) is 26.7 Å². The molecule has 0 radical (unpaired) electrons. The molecule has 0 saturated carbocycles. The molecule has 138 valence electrons. The molecule has 0 aromatic heterocycles. The van der Waals surface area contributed by atoms with Crippen LogP contribution < -0.4 is 0 Å². The highest BCUT2D eigenvalue weighted by Gasteiger charge is 2.37. The first-order valence-electron chi connectivity index (χ1n) is 8.26. The van der Waals surface area contributed by atoms with Crippen LogP contribution in [0.2, 0.25) is 17.1 Å². The predicted molar refractivity (Wildman–Crippen MR) is 86.8 cm³/mol. The van der Waals surface area contributed by atoms with Crippen molar-refractivity contribution < 1.29 is 26.7 Å². The van der Waals surface area contributed by atoms with Crippen LogP contribution in [0.5, 0.6) is 0 Å². The summed E-state index contributed by atoms with van der Waals surface area (Å²) < 4.78 is 66.3. The van der Waals surface area contributed by atoms with Crippen LogP contribution in [-0.2, 0) is 6.42 Å². The zero-order chi connectivity index (χ0) is 18.7. The fraction of sp³-hybridized carbons (Fsp3) is 0.647. The average molecular weight is 368 g/mol. The van der Waals surface area contributed by atoms with E-state index in [2.05, 4.69) is 0 Å². The van der Waals surface area contributed by atoms with Gasteiger partial charge in [0.25, 0.3) is 0 Å². The van der Waals surface area contributed by atoms with Crippen LogP contribution in [0.4, 0.5) is 22.0 Å². The Hall–Kier alpha value is -0.953. The highest BCUT2D eigenvalue weighted by molar-refractivity contribution is 6.75. The fourth-order valence-electron chi connectivity index (χ4n) is 3.00. The van der Waals surface area contributed by atoms with Crippen LogP contribution in [0.3, 0.4) is 0 Å². The minimum absolute atomic E-state index is 0.202. The van der Waals surface area contributed by atoms with Crippen molar-refractivity contribution in [3.05, 3.63) is 34.6 Å². The smallest absolute Gasteiger partial charge is 0.200 e. The summed E-state index contributed by atoms with van der Waals surface area (Å²) in [4.78, 5) is 10.8. The number of hydrogen-bond donors (Lipinski definition) is 1. The molecule has 0 amide bonds. The third-order valence-corrected chi connectivity index (χ3v) is 9.96. The van der Waals surface area contributed by atoms with E-state index in [-0.39, 0.29) is 17.5 Å². The maximum atomic E-state index is 13.6. The van der Waals surface area contributed by atoms with Crippen molar-refractivity contribution in [2.24, 2.45) is 0 Å². The average Bonchev–Trinajstić information content (AvgIpc) is 2.52. The molecular formula is C17H25F5OSi. The SMILES string of the molecule is CC(C)[Si](O)(CCCCCc1c(F)c(F)c(F)c(F)c1F)C(C)C. The lowest BCUT2D eigenvalue weighted by atomic mass is 10.1. The molecule has 0 unspecified atom stereocenters. The van der Waals surface area contributed by atoms with Gasteiger partial charge >= 0.3 is 0 Å². The van der Waals surface area contributed by atoms with Crippen molar-refractivity contribution in [2.45, 2.75) is 70.5 Å². The third kappa shape index (κ3) is 4.36. The maximum Gasteiger partial charge on any atom is 0.200 e. The Morgan fingerprint density at radius 3 is 1.54 bits per heavy atom. The lowest BCUT2D eigenvalue weighted by Gasteiger charge is -2.33. The third-order valence-electron chi connectivity index (χ3n) is 4.80. The van der Waals surface area contributed by atoms with E-state index in [1.807, 2.05) is 27.7 Å². The van der Waals surface area contributed by atoms with Crippen molar-refractivity contribution in [3.63, 3.8) is 0 Å².